The average molecular weight is 720 g/mol. The minimum Gasteiger partial charge on any atom is -0.346 e. The molecular formula is C37H61N5O7S. The maximum absolute atomic E-state index is 14.4. The number of carbonyl (C=O) groups excluding carboxylic acids is 5. The summed E-state index contributed by atoms with van der Waals surface area (Å²) < 4.78 is 25.7. The van der Waals surface area contributed by atoms with Crippen molar-refractivity contribution < 1.29 is 32.4 Å². The summed E-state index contributed by atoms with van der Waals surface area (Å²) >= 11 is 0. The molecule has 4 aliphatic rings. The summed E-state index contributed by atoms with van der Waals surface area (Å²) in [5, 5.41) is 11.3. The molecule has 0 aromatic heterocycles. The van der Waals surface area contributed by atoms with E-state index in [-0.39, 0.29) is 35.5 Å². The van der Waals surface area contributed by atoms with E-state index in [0.29, 0.717) is 45.1 Å². The van der Waals surface area contributed by atoms with Crippen molar-refractivity contribution in [2.24, 2.45) is 17.3 Å². The van der Waals surface area contributed by atoms with Gasteiger partial charge in [-0.1, -0.05) is 84.1 Å². The van der Waals surface area contributed by atoms with Crippen LogP contribution in [0.5, 0.6) is 0 Å². The van der Waals surface area contributed by atoms with Crippen LogP contribution >= 0.6 is 0 Å². The third-order valence-corrected chi connectivity index (χ3v) is 14.5. The van der Waals surface area contributed by atoms with Gasteiger partial charge in [0.2, 0.25) is 17.6 Å². The highest BCUT2D eigenvalue weighted by Gasteiger charge is 2.69. The first-order valence-electron chi connectivity index (χ1n) is 18.8. The Hall–Kier alpha value is -2.96. The minimum atomic E-state index is -3.55. The van der Waals surface area contributed by atoms with Gasteiger partial charge >= 0.3 is 6.03 Å². The van der Waals surface area contributed by atoms with E-state index in [1.807, 2.05) is 0 Å². The van der Waals surface area contributed by atoms with E-state index < -0.39 is 61.9 Å². The highest BCUT2D eigenvalue weighted by Crippen LogP contribution is 2.65. The second kappa shape index (κ2) is 16.2. The van der Waals surface area contributed by atoms with E-state index in [1.54, 1.807) is 25.7 Å². The van der Waals surface area contributed by atoms with Gasteiger partial charge in [0.15, 0.2) is 9.84 Å². The van der Waals surface area contributed by atoms with E-state index in [0.717, 1.165) is 51.4 Å². The Kier molecular flexibility index (Phi) is 12.9. The highest BCUT2D eigenvalue weighted by molar-refractivity contribution is 7.92. The second-order valence-electron chi connectivity index (χ2n) is 16.7. The lowest BCUT2D eigenvalue weighted by Crippen LogP contribution is -2.62. The molecule has 50 heavy (non-hydrogen) atoms. The Balaban J connectivity index is 1.58. The summed E-state index contributed by atoms with van der Waals surface area (Å²) in [4.78, 5) is 69.7. The van der Waals surface area contributed by atoms with Crippen LogP contribution < -0.4 is 21.3 Å². The Morgan fingerprint density at radius 3 is 2.12 bits per heavy atom. The number of nitrogens with zero attached hydrogens (tertiary/aromatic N) is 1. The Morgan fingerprint density at radius 1 is 0.940 bits per heavy atom. The van der Waals surface area contributed by atoms with Crippen LogP contribution in [0.4, 0.5) is 4.79 Å². The lowest BCUT2D eigenvalue weighted by Gasteiger charge is -2.40. The first-order chi connectivity index (χ1) is 23.4. The van der Waals surface area contributed by atoms with Gasteiger partial charge in [0.25, 0.3) is 5.91 Å². The molecule has 12 nitrogen and oxygen atoms in total. The molecule has 2 heterocycles. The van der Waals surface area contributed by atoms with E-state index in [4.69, 9.17) is 0 Å². The number of hydrogen-bond donors (Lipinski definition) is 4. The molecular weight excluding hydrogens is 659 g/mol. The molecule has 4 N–H and O–H groups in total. The zero-order valence-electron chi connectivity index (χ0n) is 30.9. The number of amides is 5. The molecule has 5 amide bonds. The van der Waals surface area contributed by atoms with Crippen molar-refractivity contribution in [1.29, 1.82) is 0 Å². The molecule has 1 unspecified atom stereocenters. The third-order valence-electron chi connectivity index (χ3n) is 11.7. The summed E-state index contributed by atoms with van der Waals surface area (Å²) in [6, 6.07) is -3.36. The number of sulfone groups is 1. The molecule has 4 fully saturated rings. The van der Waals surface area contributed by atoms with Gasteiger partial charge in [-0.15, -0.1) is 6.58 Å². The molecule has 4 rings (SSSR count). The summed E-state index contributed by atoms with van der Waals surface area (Å²) in [5.74, 6) is -2.54. The number of urea groups is 1. The third kappa shape index (κ3) is 9.28. The van der Waals surface area contributed by atoms with Crippen molar-refractivity contribution in [3.8, 4) is 0 Å². The van der Waals surface area contributed by atoms with E-state index in [2.05, 4.69) is 41.7 Å². The van der Waals surface area contributed by atoms with Gasteiger partial charge in [-0.2, -0.15) is 0 Å². The quantitative estimate of drug-likeness (QED) is 0.218. The predicted molar refractivity (Wildman–Crippen MR) is 193 cm³/mol. The van der Waals surface area contributed by atoms with Gasteiger partial charge < -0.3 is 26.2 Å². The SMILES string of the molecule is C=CCNC(=O)C(=O)[C@@H]1CCCCCCCCC[C@H](NC(=O)NC2(CS(=O)(=O)C(C)(C)C)CCCCC2)C(=O)N2C[C@H]3[C@@H](C2C(=O)N1)C3(C)C. The molecule has 5 atom stereocenters. The fourth-order valence-electron chi connectivity index (χ4n) is 8.34. The number of rotatable bonds is 8. The number of piperidine rings is 1. The molecule has 282 valence electrons. The lowest BCUT2D eigenvalue weighted by molar-refractivity contribution is -0.144. The Morgan fingerprint density at radius 2 is 1.52 bits per heavy atom. The van der Waals surface area contributed by atoms with Crippen LogP contribution in [0.15, 0.2) is 12.7 Å². The number of fused-ring (bicyclic) bond motifs is 3. The largest absolute Gasteiger partial charge is 0.346 e. The summed E-state index contributed by atoms with van der Waals surface area (Å²) in [5.41, 5.74) is -1.12. The average Bonchev–Trinajstić information content (AvgIpc) is 3.34. The van der Waals surface area contributed by atoms with Crippen LogP contribution in [0.1, 0.15) is 125 Å². The highest BCUT2D eigenvalue weighted by atomic mass is 32.2. The molecule has 2 aliphatic carbocycles. The first kappa shape index (κ1) is 39.8. The Bertz CT molecular complexity index is 1400. The van der Waals surface area contributed by atoms with Crippen LogP contribution in [0.3, 0.4) is 0 Å². The molecule has 2 saturated heterocycles. The zero-order valence-corrected chi connectivity index (χ0v) is 31.7. The van der Waals surface area contributed by atoms with Gasteiger partial charge in [0, 0.05) is 13.1 Å². The zero-order chi connectivity index (χ0) is 36.9. The molecule has 0 radical (unpaired) electrons. The molecule has 0 aromatic carbocycles. The van der Waals surface area contributed by atoms with Crippen molar-refractivity contribution in [2.75, 3.05) is 18.8 Å². The fraction of sp³-hybridized carbons (Fsp3) is 0.811. The standard InChI is InChI=1S/C37H61N5O7S/c1-7-22-38-32(45)30(43)26-18-14-11-9-8-10-12-15-19-27(33(46)42-23-25-28(36(25,5)6)29(42)31(44)39-26)40-34(47)41-37(20-16-13-17-21-37)24-50(48,49)35(2,3)4/h7,25-29H,1,8-24H2,2-6H3,(H,38,45)(H,39,44)(H2,40,41,47)/t25-,26-,27-,28-,29?/m0/s1. The van der Waals surface area contributed by atoms with Crippen molar-refractivity contribution in [1.82, 2.24) is 26.2 Å². The van der Waals surface area contributed by atoms with Gasteiger partial charge in [-0.25, -0.2) is 13.2 Å². The normalized spacial score (nSPS) is 29.1. The summed E-state index contributed by atoms with van der Waals surface area (Å²) in [6.45, 7) is 13.2. The van der Waals surface area contributed by atoms with Crippen LogP contribution in [0.25, 0.3) is 0 Å². The summed E-state index contributed by atoms with van der Waals surface area (Å²) in [6.07, 6.45) is 11.8. The monoisotopic (exact) mass is 719 g/mol. The van der Waals surface area contributed by atoms with E-state index in [9.17, 15) is 32.4 Å². The molecule has 0 aromatic rings. The van der Waals surface area contributed by atoms with Crippen LogP contribution in [0, 0.1) is 17.3 Å². The summed E-state index contributed by atoms with van der Waals surface area (Å²) in [7, 11) is -3.55. The smallest absolute Gasteiger partial charge is 0.315 e. The number of hydrogen-bond acceptors (Lipinski definition) is 7. The molecule has 2 aliphatic heterocycles. The lowest BCUT2D eigenvalue weighted by atomic mass is 9.83. The van der Waals surface area contributed by atoms with Crippen LogP contribution in [-0.4, -0.2) is 90.1 Å². The molecule has 13 heteroatoms. The van der Waals surface area contributed by atoms with E-state index in [1.165, 1.54) is 6.08 Å². The van der Waals surface area contributed by atoms with Crippen molar-refractivity contribution in [3.63, 3.8) is 0 Å². The maximum Gasteiger partial charge on any atom is 0.315 e. The number of nitrogens with one attached hydrogen (secondary N) is 4. The minimum absolute atomic E-state index is 0.0805. The molecule has 0 spiro atoms. The number of Topliss-reactive ketones (excluding diaryl/α,β-unsaturated/α-hetero) is 1. The number of carbonyl (C=O) groups is 5. The molecule has 0 bridgehead atoms. The van der Waals surface area contributed by atoms with Crippen LogP contribution in [-0.2, 0) is 29.0 Å². The second-order valence-corrected chi connectivity index (χ2v) is 19.5. The van der Waals surface area contributed by atoms with Gasteiger partial charge in [0.05, 0.1) is 22.1 Å². The van der Waals surface area contributed by atoms with Crippen molar-refractivity contribution >= 4 is 39.4 Å². The van der Waals surface area contributed by atoms with Gasteiger partial charge in [-0.3, -0.25) is 19.2 Å². The van der Waals surface area contributed by atoms with E-state index >= 15 is 0 Å². The van der Waals surface area contributed by atoms with Crippen molar-refractivity contribution in [3.05, 3.63) is 12.7 Å². The van der Waals surface area contributed by atoms with Gasteiger partial charge in [-0.05, 0) is 63.7 Å². The van der Waals surface area contributed by atoms with Gasteiger partial charge in [0.1, 0.15) is 12.1 Å². The molecule has 2 saturated carbocycles. The fourth-order valence-corrected chi connectivity index (χ4v) is 9.86. The van der Waals surface area contributed by atoms with Crippen molar-refractivity contribution in [2.45, 2.75) is 153 Å². The predicted octanol–water partition coefficient (Wildman–Crippen LogP) is 3.93. The maximum atomic E-state index is 14.4. The Labute approximate surface area is 299 Å². The van der Waals surface area contributed by atoms with Crippen LogP contribution in [0.2, 0.25) is 0 Å². The first-order valence-corrected chi connectivity index (χ1v) is 20.4. The topological polar surface area (TPSA) is 171 Å². The number of ketones is 1.